The summed E-state index contributed by atoms with van der Waals surface area (Å²) in [5, 5.41) is 12.7. The van der Waals surface area contributed by atoms with Gasteiger partial charge in [0.2, 0.25) is 5.91 Å². The summed E-state index contributed by atoms with van der Waals surface area (Å²) in [4.78, 5) is 11.7. The maximum absolute atomic E-state index is 11.7. The minimum Gasteiger partial charge on any atom is -0.506 e. The third kappa shape index (κ3) is 4.02. The standard InChI is InChI=1S/C15H11Cl2NO2/c16-11-3-1-2-10(8-11)4-7-15(20)18-12-5-6-14(19)13(17)9-12/h1-9,19H,(H,18,20)/b7-4+. The van der Waals surface area contributed by atoms with Crippen molar-refractivity contribution < 1.29 is 9.90 Å². The largest absolute Gasteiger partial charge is 0.506 e. The predicted octanol–water partition coefficient (Wildman–Crippen LogP) is 4.35. The summed E-state index contributed by atoms with van der Waals surface area (Å²) in [6.07, 6.45) is 3.05. The molecule has 0 aliphatic heterocycles. The number of halogens is 2. The number of benzene rings is 2. The van der Waals surface area contributed by atoms with Crippen LogP contribution in [-0.2, 0) is 4.79 Å². The van der Waals surface area contributed by atoms with Gasteiger partial charge in [-0.3, -0.25) is 4.79 Å². The lowest BCUT2D eigenvalue weighted by Gasteiger charge is -2.03. The first-order chi connectivity index (χ1) is 9.54. The van der Waals surface area contributed by atoms with Crippen molar-refractivity contribution in [2.75, 3.05) is 5.32 Å². The summed E-state index contributed by atoms with van der Waals surface area (Å²) in [5.74, 6) is -0.328. The van der Waals surface area contributed by atoms with Crippen LogP contribution in [0.25, 0.3) is 6.08 Å². The molecule has 102 valence electrons. The normalized spacial score (nSPS) is 10.7. The van der Waals surface area contributed by atoms with E-state index in [-0.39, 0.29) is 16.7 Å². The van der Waals surface area contributed by atoms with Gasteiger partial charge in [0.15, 0.2) is 0 Å². The molecule has 5 heteroatoms. The van der Waals surface area contributed by atoms with Crippen LogP contribution in [0.1, 0.15) is 5.56 Å². The van der Waals surface area contributed by atoms with Crippen LogP contribution >= 0.6 is 23.2 Å². The number of hydrogen-bond donors (Lipinski definition) is 2. The Kier molecular flexibility index (Phi) is 4.66. The molecule has 0 aliphatic carbocycles. The highest BCUT2D eigenvalue weighted by molar-refractivity contribution is 6.32. The Morgan fingerprint density at radius 3 is 2.65 bits per heavy atom. The van der Waals surface area contributed by atoms with E-state index in [0.29, 0.717) is 10.7 Å². The van der Waals surface area contributed by atoms with Crippen LogP contribution in [0.15, 0.2) is 48.5 Å². The number of carbonyl (C=O) groups excluding carboxylic acids is 1. The second-order valence-corrected chi connectivity index (χ2v) is 4.89. The average Bonchev–Trinajstić information content (AvgIpc) is 2.41. The number of carbonyl (C=O) groups is 1. The molecule has 2 rings (SSSR count). The zero-order valence-electron chi connectivity index (χ0n) is 10.3. The Labute approximate surface area is 126 Å². The van der Waals surface area contributed by atoms with Crippen LogP contribution in [0, 0.1) is 0 Å². The van der Waals surface area contributed by atoms with E-state index in [9.17, 15) is 9.90 Å². The van der Waals surface area contributed by atoms with E-state index in [1.165, 1.54) is 18.2 Å². The van der Waals surface area contributed by atoms with Crippen molar-refractivity contribution >= 4 is 40.9 Å². The van der Waals surface area contributed by atoms with Gasteiger partial charge in [-0.25, -0.2) is 0 Å². The highest BCUT2D eigenvalue weighted by atomic mass is 35.5. The highest BCUT2D eigenvalue weighted by Gasteiger charge is 2.02. The van der Waals surface area contributed by atoms with Crippen LogP contribution in [0.2, 0.25) is 10.0 Å². The lowest BCUT2D eigenvalue weighted by Crippen LogP contribution is -2.07. The summed E-state index contributed by atoms with van der Waals surface area (Å²) in [6, 6.07) is 11.6. The van der Waals surface area contributed by atoms with Gasteiger partial charge in [0.1, 0.15) is 5.75 Å². The zero-order chi connectivity index (χ0) is 14.5. The molecule has 0 saturated carbocycles. The van der Waals surface area contributed by atoms with Crippen molar-refractivity contribution in [1.29, 1.82) is 0 Å². The van der Waals surface area contributed by atoms with E-state index in [0.717, 1.165) is 5.56 Å². The first kappa shape index (κ1) is 14.4. The Balaban J connectivity index is 2.03. The molecule has 0 atom stereocenters. The summed E-state index contributed by atoms with van der Waals surface area (Å²) in [6.45, 7) is 0. The minimum atomic E-state index is -0.299. The number of anilines is 1. The molecule has 0 aliphatic rings. The highest BCUT2D eigenvalue weighted by Crippen LogP contribution is 2.26. The number of nitrogens with one attached hydrogen (secondary N) is 1. The van der Waals surface area contributed by atoms with Crippen molar-refractivity contribution in [3.05, 3.63) is 64.1 Å². The van der Waals surface area contributed by atoms with Gasteiger partial charge in [-0.1, -0.05) is 35.3 Å². The lowest BCUT2D eigenvalue weighted by atomic mass is 10.2. The van der Waals surface area contributed by atoms with E-state index in [2.05, 4.69) is 5.32 Å². The molecule has 0 heterocycles. The molecule has 0 aromatic heterocycles. The first-order valence-corrected chi connectivity index (χ1v) is 6.53. The second-order valence-electron chi connectivity index (χ2n) is 4.04. The summed E-state index contributed by atoms with van der Waals surface area (Å²) in [7, 11) is 0. The van der Waals surface area contributed by atoms with E-state index in [1.807, 2.05) is 6.07 Å². The first-order valence-electron chi connectivity index (χ1n) is 5.78. The van der Waals surface area contributed by atoms with Crippen LogP contribution in [-0.4, -0.2) is 11.0 Å². The average molecular weight is 308 g/mol. The Morgan fingerprint density at radius 1 is 1.15 bits per heavy atom. The van der Waals surface area contributed by atoms with Crippen LogP contribution in [0.3, 0.4) is 0 Å². The van der Waals surface area contributed by atoms with Gasteiger partial charge < -0.3 is 10.4 Å². The van der Waals surface area contributed by atoms with Gasteiger partial charge >= 0.3 is 0 Å². The number of aromatic hydroxyl groups is 1. The van der Waals surface area contributed by atoms with Gasteiger partial charge in [0, 0.05) is 16.8 Å². The Morgan fingerprint density at radius 2 is 1.95 bits per heavy atom. The summed E-state index contributed by atoms with van der Waals surface area (Å²) in [5.41, 5.74) is 1.34. The molecule has 2 aromatic carbocycles. The number of phenolic OH excluding ortho intramolecular Hbond substituents is 1. The maximum atomic E-state index is 11.7. The van der Waals surface area contributed by atoms with Gasteiger partial charge in [-0.15, -0.1) is 0 Å². The van der Waals surface area contributed by atoms with Crippen molar-refractivity contribution in [3.63, 3.8) is 0 Å². The fraction of sp³-hybridized carbons (Fsp3) is 0. The number of phenols is 1. The van der Waals surface area contributed by atoms with Crippen molar-refractivity contribution in [1.82, 2.24) is 0 Å². The second kappa shape index (κ2) is 6.46. The van der Waals surface area contributed by atoms with Crippen LogP contribution in [0.5, 0.6) is 5.75 Å². The number of hydrogen-bond acceptors (Lipinski definition) is 2. The fourth-order valence-electron chi connectivity index (χ4n) is 1.55. The fourth-order valence-corrected chi connectivity index (χ4v) is 1.93. The van der Waals surface area contributed by atoms with E-state index in [1.54, 1.807) is 30.3 Å². The molecule has 0 radical (unpaired) electrons. The quantitative estimate of drug-likeness (QED) is 0.654. The smallest absolute Gasteiger partial charge is 0.248 e. The van der Waals surface area contributed by atoms with Gasteiger partial charge in [0.25, 0.3) is 0 Å². The molecule has 0 spiro atoms. The summed E-state index contributed by atoms with van der Waals surface area (Å²) < 4.78 is 0. The van der Waals surface area contributed by atoms with Gasteiger partial charge in [-0.05, 0) is 42.0 Å². The number of rotatable bonds is 3. The van der Waals surface area contributed by atoms with Crippen molar-refractivity contribution in [3.8, 4) is 5.75 Å². The molecule has 2 aromatic rings. The van der Waals surface area contributed by atoms with Crippen molar-refractivity contribution in [2.24, 2.45) is 0 Å². The zero-order valence-corrected chi connectivity index (χ0v) is 11.8. The molecular formula is C15H11Cl2NO2. The van der Waals surface area contributed by atoms with Crippen molar-refractivity contribution in [2.45, 2.75) is 0 Å². The van der Waals surface area contributed by atoms with E-state index >= 15 is 0 Å². The van der Waals surface area contributed by atoms with Gasteiger partial charge in [-0.2, -0.15) is 0 Å². The Bertz CT molecular complexity index is 669. The molecule has 0 saturated heterocycles. The van der Waals surface area contributed by atoms with Crippen LogP contribution < -0.4 is 5.32 Å². The SMILES string of the molecule is O=C(/C=C/c1cccc(Cl)c1)Nc1ccc(O)c(Cl)c1. The van der Waals surface area contributed by atoms with E-state index in [4.69, 9.17) is 23.2 Å². The van der Waals surface area contributed by atoms with Gasteiger partial charge in [0.05, 0.1) is 5.02 Å². The lowest BCUT2D eigenvalue weighted by molar-refractivity contribution is -0.111. The molecule has 0 unspecified atom stereocenters. The molecule has 1 amide bonds. The Hall–Kier alpha value is -1.97. The topological polar surface area (TPSA) is 49.3 Å². The molecule has 0 bridgehead atoms. The molecule has 20 heavy (non-hydrogen) atoms. The van der Waals surface area contributed by atoms with Crippen LogP contribution in [0.4, 0.5) is 5.69 Å². The predicted molar refractivity (Wildman–Crippen MR) is 82.2 cm³/mol. The van der Waals surface area contributed by atoms with E-state index < -0.39 is 0 Å². The molecule has 3 nitrogen and oxygen atoms in total. The molecule has 0 fully saturated rings. The number of amides is 1. The molecule has 2 N–H and O–H groups in total. The monoisotopic (exact) mass is 307 g/mol. The summed E-state index contributed by atoms with van der Waals surface area (Å²) >= 11 is 11.6. The molecular weight excluding hydrogens is 297 g/mol. The third-order valence-electron chi connectivity index (χ3n) is 2.49. The minimum absolute atomic E-state index is 0.0286. The maximum Gasteiger partial charge on any atom is 0.248 e. The third-order valence-corrected chi connectivity index (χ3v) is 3.03.